The number of rotatable bonds is 4. The normalized spacial score (nSPS) is 24.4. The highest BCUT2D eigenvalue weighted by atomic mass is 16.7. The van der Waals surface area contributed by atoms with Gasteiger partial charge in [0.2, 0.25) is 24.5 Å². The summed E-state index contributed by atoms with van der Waals surface area (Å²) in [6, 6.07) is 5.16. The predicted octanol–water partition coefficient (Wildman–Crippen LogP) is 1.92. The molecule has 4 rings (SSSR count). The molecule has 1 aliphatic carbocycles. The molecule has 1 aromatic carbocycles. The first-order valence-corrected chi connectivity index (χ1v) is 8.68. The molecule has 1 saturated heterocycles. The van der Waals surface area contributed by atoms with Crippen LogP contribution in [0, 0.1) is 11.8 Å². The maximum atomic E-state index is 12.4. The molecule has 0 aromatic heterocycles. The molecule has 3 aliphatic rings. The Bertz CT molecular complexity index is 708. The van der Waals surface area contributed by atoms with Crippen LogP contribution in [0.15, 0.2) is 18.2 Å². The molecule has 0 bridgehead atoms. The number of nitrogens with one attached hydrogen (secondary N) is 1. The van der Waals surface area contributed by atoms with E-state index in [1.165, 1.54) is 4.90 Å². The summed E-state index contributed by atoms with van der Waals surface area (Å²) < 4.78 is 10.5. The average molecular weight is 344 g/mol. The molecule has 0 radical (unpaired) electrons. The van der Waals surface area contributed by atoms with Crippen LogP contribution < -0.4 is 14.8 Å². The molecule has 1 saturated carbocycles. The van der Waals surface area contributed by atoms with Gasteiger partial charge in [-0.1, -0.05) is 12.8 Å². The van der Waals surface area contributed by atoms with E-state index >= 15 is 0 Å². The van der Waals surface area contributed by atoms with Gasteiger partial charge in [0, 0.05) is 24.7 Å². The monoisotopic (exact) mass is 344 g/mol. The van der Waals surface area contributed by atoms with Crippen LogP contribution in [0.4, 0.5) is 5.69 Å². The Morgan fingerprint density at radius 1 is 1.08 bits per heavy atom. The third kappa shape index (κ3) is 2.94. The van der Waals surface area contributed by atoms with Gasteiger partial charge in [-0.25, -0.2) is 0 Å². The zero-order chi connectivity index (χ0) is 17.4. The summed E-state index contributed by atoms with van der Waals surface area (Å²) in [7, 11) is 0. The van der Waals surface area contributed by atoms with Crippen molar-refractivity contribution in [2.75, 3.05) is 18.7 Å². The Balaban J connectivity index is 1.34. The van der Waals surface area contributed by atoms with Gasteiger partial charge in [-0.2, -0.15) is 0 Å². The number of amides is 3. The Morgan fingerprint density at radius 3 is 2.48 bits per heavy atom. The highest BCUT2D eigenvalue weighted by Crippen LogP contribution is 2.38. The van der Waals surface area contributed by atoms with Crippen LogP contribution in [0.5, 0.6) is 11.5 Å². The zero-order valence-electron chi connectivity index (χ0n) is 13.8. The first kappa shape index (κ1) is 15.9. The number of benzene rings is 1. The number of nitrogens with zero attached hydrogens (tertiary/aromatic N) is 1. The summed E-state index contributed by atoms with van der Waals surface area (Å²) in [6.07, 6.45) is 3.66. The fraction of sp³-hybridized carbons (Fsp3) is 0.500. The van der Waals surface area contributed by atoms with E-state index in [1.807, 2.05) is 0 Å². The molecule has 2 fully saturated rings. The smallest absolute Gasteiger partial charge is 0.233 e. The molecule has 3 amide bonds. The number of hydrogen-bond donors (Lipinski definition) is 1. The lowest BCUT2D eigenvalue weighted by molar-refractivity contribution is -0.140. The van der Waals surface area contributed by atoms with Crippen molar-refractivity contribution in [1.82, 2.24) is 4.90 Å². The van der Waals surface area contributed by atoms with Gasteiger partial charge in [0.05, 0.1) is 11.8 Å². The minimum Gasteiger partial charge on any atom is -0.454 e. The molecule has 2 atom stereocenters. The van der Waals surface area contributed by atoms with E-state index in [4.69, 9.17) is 9.47 Å². The standard InChI is InChI=1S/C18H20N2O5/c21-16(19-11-5-6-14-15(9-11)25-10-24-14)7-8-20-17(22)12-3-1-2-4-13(12)18(20)23/h5-6,9,12-13H,1-4,7-8,10H2,(H,19,21)/t12-,13-/m1/s1. The molecule has 2 heterocycles. The van der Waals surface area contributed by atoms with Gasteiger partial charge < -0.3 is 14.8 Å². The van der Waals surface area contributed by atoms with E-state index in [0.29, 0.717) is 17.2 Å². The molecule has 132 valence electrons. The van der Waals surface area contributed by atoms with Gasteiger partial charge >= 0.3 is 0 Å². The summed E-state index contributed by atoms with van der Waals surface area (Å²) in [6.45, 7) is 0.315. The summed E-state index contributed by atoms with van der Waals surface area (Å²) in [5.41, 5.74) is 0.599. The minimum absolute atomic E-state index is 0.0887. The van der Waals surface area contributed by atoms with E-state index in [-0.39, 0.29) is 49.3 Å². The number of anilines is 1. The maximum Gasteiger partial charge on any atom is 0.233 e. The van der Waals surface area contributed by atoms with Gasteiger partial charge in [0.15, 0.2) is 11.5 Å². The number of carbonyl (C=O) groups is 3. The number of imide groups is 1. The van der Waals surface area contributed by atoms with Crippen molar-refractivity contribution in [2.24, 2.45) is 11.8 Å². The van der Waals surface area contributed by atoms with E-state index in [2.05, 4.69) is 5.32 Å². The van der Waals surface area contributed by atoms with Crippen LogP contribution in [-0.2, 0) is 14.4 Å². The lowest BCUT2D eigenvalue weighted by atomic mass is 9.81. The Kier molecular flexibility index (Phi) is 4.07. The minimum atomic E-state index is -0.241. The van der Waals surface area contributed by atoms with Crippen molar-refractivity contribution in [3.8, 4) is 11.5 Å². The van der Waals surface area contributed by atoms with Crippen LogP contribution in [0.1, 0.15) is 32.1 Å². The van der Waals surface area contributed by atoms with E-state index in [0.717, 1.165) is 25.7 Å². The molecule has 7 nitrogen and oxygen atoms in total. The second-order valence-corrected chi connectivity index (χ2v) is 6.69. The Morgan fingerprint density at radius 2 is 1.76 bits per heavy atom. The summed E-state index contributed by atoms with van der Waals surface area (Å²) in [4.78, 5) is 38.2. The van der Waals surface area contributed by atoms with Gasteiger partial charge in [0.1, 0.15) is 0 Å². The van der Waals surface area contributed by atoms with Gasteiger partial charge in [-0.3, -0.25) is 19.3 Å². The van der Waals surface area contributed by atoms with Crippen LogP contribution in [0.25, 0.3) is 0 Å². The molecule has 0 unspecified atom stereocenters. The van der Waals surface area contributed by atoms with Crippen LogP contribution in [-0.4, -0.2) is 36.0 Å². The van der Waals surface area contributed by atoms with Crippen LogP contribution in [0.2, 0.25) is 0 Å². The van der Waals surface area contributed by atoms with E-state index in [1.54, 1.807) is 18.2 Å². The molecular formula is C18H20N2O5. The second kappa shape index (κ2) is 6.38. The van der Waals surface area contributed by atoms with Crippen molar-refractivity contribution in [3.05, 3.63) is 18.2 Å². The molecule has 7 heteroatoms. The number of ether oxygens (including phenoxy) is 2. The van der Waals surface area contributed by atoms with Gasteiger partial charge in [0.25, 0.3) is 0 Å². The predicted molar refractivity (Wildman–Crippen MR) is 88.0 cm³/mol. The summed E-state index contributed by atoms with van der Waals surface area (Å²) in [5, 5.41) is 2.76. The SMILES string of the molecule is O=C(CCN1C(=O)[C@@H]2CCCC[C@H]2C1=O)Nc1ccc2c(c1)OCO2. The molecule has 0 spiro atoms. The highest BCUT2D eigenvalue weighted by Gasteiger charge is 2.47. The van der Waals surface area contributed by atoms with E-state index in [9.17, 15) is 14.4 Å². The van der Waals surface area contributed by atoms with Crippen molar-refractivity contribution in [3.63, 3.8) is 0 Å². The van der Waals surface area contributed by atoms with Crippen LogP contribution >= 0.6 is 0 Å². The zero-order valence-corrected chi connectivity index (χ0v) is 13.8. The third-order valence-electron chi connectivity index (χ3n) is 5.15. The number of carbonyl (C=O) groups excluding carboxylic acids is 3. The topological polar surface area (TPSA) is 84.9 Å². The third-order valence-corrected chi connectivity index (χ3v) is 5.15. The number of fused-ring (bicyclic) bond motifs is 2. The molecule has 2 aliphatic heterocycles. The number of hydrogen-bond acceptors (Lipinski definition) is 5. The van der Waals surface area contributed by atoms with Crippen molar-refractivity contribution in [1.29, 1.82) is 0 Å². The van der Waals surface area contributed by atoms with Crippen molar-refractivity contribution in [2.45, 2.75) is 32.1 Å². The molecule has 25 heavy (non-hydrogen) atoms. The second-order valence-electron chi connectivity index (χ2n) is 6.69. The van der Waals surface area contributed by atoms with Gasteiger partial charge in [-0.05, 0) is 25.0 Å². The van der Waals surface area contributed by atoms with Crippen LogP contribution in [0.3, 0.4) is 0 Å². The number of likely N-dealkylation sites (tertiary alicyclic amines) is 1. The largest absolute Gasteiger partial charge is 0.454 e. The maximum absolute atomic E-state index is 12.4. The van der Waals surface area contributed by atoms with Crippen molar-refractivity contribution < 1.29 is 23.9 Å². The fourth-order valence-corrected chi connectivity index (χ4v) is 3.86. The quantitative estimate of drug-likeness (QED) is 0.844. The highest BCUT2D eigenvalue weighted by molar-refractivity contribution is 6.05. The molecule has 1 N–H and O–H groups in total. The Hall–Kier alpha value is -2.57. The summed E-state index contributed by atoms with van der Waals surface area (Å²) >= 11 is 0. The van der Waals surface area contributed by atoms with Gasteiger partial charge in [-0.15, -0.1) is 0 Å². The first-order valence-electron chi connectivity index (χ1n) is 8.68. The lowest BCUT2D eigenvalue weighted by Gasteiger charge is -2.19. The first-order chi connectivity index (χ1) is 12.1. The fourth-order valence-electron chi connectivity index (χ4n) is 3.86. The Labute approximate surface area is 145 Å². The van der Waals surface area contributed by atoms with E-state index < -0.39 is 0 Å². The molecule has 1 aromatic rings. The van der Waals surface area contributed by atoms with Crippen molar-refractivity contribution >= 4 is 23.4 Å². The molecular weight excluding hydrogens is 324 g/mol. The lowest BCUT2D eigenvalue weighted by Crippen LogP contribution is -2.34. The summed E-state index contributed by atoms with van der Waals surface area (Å²) in [5.74, 6) is 0.447. The average Bonchev–Trinajstić information content (AvgIpc) is 3.17.